The van der Waals surface area contributed by atoms with Crippen molar-refractivity contribution in [2.75, 3.05) is 13.1 Å². The van der Waals surface area contributed by atoms with Crippen molar-refractivity contribution < 1.29 is 23.5 Å². The Bertz CT molecular complexity index is 1120. The van der Waals surface area contributed by atoms with Crippen LogP contribution < -0.4 is 0 Å². The highest BCUT2D eigenvalue weighted by atomic mass is 19.1. The van der Waals surface area contributed by atoms with Gasteiger partial charge in [-0.1, -0.05) is 55.3 Å². The number of hydrogen-bond donors (Lipinski definition) is 0. The lowest BCUT2D eigenvalue weighted by Gasteiger charge is -2.35. The summed E-state index contributed by atoms with van der Waals surface area (Å²) in [6, 6.07) is 15.6. The molecule has 5 rings (SSSR count). The van der Waals surface area contributed by atoms with Crippen LogP contribution in [0.15, 0.2) is 54.6 Å². The van der Waals surface area contributed by atoms with Gasteiger partial charge in [0.15, 0.2) is 0 Å². The zero-order chi connectivity index (χ0) is 25.1. The standard InChI is InChI=1S/C29H33FN2O4/c30-23-11-6-10-22(16-23)29(18-27(34)32(28(29)35)24-12-4-5-13-24)17-26(33)31-15-7-14-25(19-31)36-20-21-8-2-1-3-9-21/h1-3,6,8-11,16,24-25H,4-5,7,12-15,17-20H2. The Labute approximate surface area is 211 Å². The van der Waals surface area contributed by atoms with Crippen LogP contribution in [0.4, 0.5) is 4.39 Å². The van der Waals surface area contributed by atoms with E-state index in [0.29, 0.717) is 25.3 Å². The second kappa shape index (κ2) is 10.5. The number of benzene rings is 2. The molecule has 0 bridgehead atoms. The molecule has 190 valence electrons. The van der Waals surface area contributed by atoms with Crippen LogP contribution in [0.3, 0.4) is 0 Å². The average molecular weight is 493 g/mol. The molecular formula is C29H33FN2O4. The van der Waals surface area contributed by atoms with Gasteiger partial charge in [0.2, 0.25) is 17.7 Å². The van der Waals surface area contributed by atoms with Gasteiger partial charge in [-0.25, -0.2) is 4.39 Å². The number of rotatable bonds is 7. The lowest BCUT2D eigenvalue weighted by atomic mass is 9.75. The highest BCUT2D eigenvalue weighted by Gasteiger charge is 2.56. The Morgan fingerprint density at radius 2 is 1.78 bits per heavy atom. The predicted molar refractivity (Wildman–Crippen MR) is 132 cm³/mol. The molecule has 2 aromatic rings. The van der Waals surface area contributed by atoms with Crippen molar-refractivity contribution in [3.63, 3.8) is 0 Å². The van der Waals surface area contributed by atoms with Crippen molar-refractivity contribution in [3.8, 4) is 0 Å². The molecule has 2 aliphatic heterocycles. The van der Waals surface area contributed by atoms with Crippen molar-refractivity contribution in [1.29, 1.82) is 0 Å². The number of imide groups is 1. The fourth-order valence-electron chi connectivity index (χ4n) is 6.01. The van der Waals surface area contributed by atoms with E-state index in [0.717, 1.165) is 44.1 Å². The second-order valence-corrected chi connectivity index (χ2v) is 10.4. The van der Waals surface area contributed by atoms with E-state index in [1.807, 2.05) is 30.3 Å². The van der Waals surface area contributed by atoms with Crippen molar-refractivity contribution in [1.82, 2.24) is 9.80 Å². The van der Waals surface area contributed by atoms with Gasteiger partial charge < -0.3 is 9.64 Å². The van der Waals surface area contributed by atoms with Gasteiger partial charge in [0, 0.05) is 32.0 Å². The van der Waals surface area contributed by atoms with Gasteiger partial charge in [0.25, 0.3) is 0 Å². The minimum absolute atomic E-state index is 0.0936. The molecule has 1 aliphatic carbocycles. The number of amides is 3. The Morgan fingerprint density at radius 1 is 1.00 bits per heavy atom. The number of ether oxygens (including phenoxy) is 1. The summed E-state index contributed by atoms with van der Waals surface area (Å²) in [6.45, 7) is 1.50. The molecule has 2 aromatic carbocycles. The van der Waals surface area contributed by atoms with Gasteiger partial charge in [-0.2, -0.15) is 0 Å². The van der Waals surface area contributed by atoms with E-state index >= 15 is 0 Å². The van der Waals surface area contributed by atoms with E-state index in [4.69, 9.17) is 4.74 Å². The third-order valence-electron chi connectivity index (χ3n) is 7.93. The zero-order valence-electron chi connectivity index (χ0n) is 20.5. The van der Waals surface area contributed by atoms with Crippen molar-refractivity contribution in [2.24, 2.45) is 0 Å². The third-order valence-corrected chi connectivity index (χ3v) is 7.93. The number of carbonyl (C=O) groups excluding carboxylic acids is 3. The molecular weight excluding hydrogens is 459 g/mol. The zero-order valence-corrected chi connectivity index (χ0v) is 20.5. The quantitative estimate of drug-likeness (QED) is 0.539. The molecule has 3 fully saturated rings. The first-order valence-corrected chi connectivity index (χ1v) is 13.0. The first-order valence-electron chi connectivity index (χ1n) is 13.0. The van der Waals surface area contributed by atoms with Crippen molar-refractivity contribution >= 4 is 17.7 Å². The number of likely N-dealkylation sites (tertiary alicyclic amines) is 2. The van der Waals surface area contributed by atoms with E-state index in [-0.39, 0.29) is 42.7 Å². The Balaban J connectivity index is 1.34. The minimum atomic E-state index is -1.36. The highest BCUT2D eigenvalue weighted by molar-refractivity contribution is 6.11. The molecule has 3 amide bonds. The third kappa shape index (κ3) is 4.94. The Morgan fingerprint density at radius 3 is 2.53 bits per heavy atom. The molecule has 0 aromatic heterocycles. The number of halogens is 1. The molecule has 2 atom stereocenters. The molecule has 0 N–H and O–H groups in total. The summed E-state index contributed by atoms with van der Waals surface area (Å²) in [7, 11) is 0. The molecule has 0 spiro atoms. The maximum Gasteiger partial charge on any atom is 0.241 e. The first-order chi connectivity index (χ1) is 17.5. The van der Waals surface area contributed by atoms with E-state index in [1.165, 1.54) is 17.0 Å². The van der Waals surface area contributed by atoms with Crippen LogP contribution in [-0.4, -0.2) is 52.8 Å². The molecule has 7 heteroatoms. The van der Waals surface area contributed by atoms with Crippen LogP contribution in [0, 0.1) is 5.82 Å². The molecule has 6 nitrogen and oxygen atoms in total. The lowest BCUT2D eigenvalue weighted by molar-refractivity contribution is -0.145. The summed E-state index contributed by atoms with van der Waals surface area (Å²) in [5, 5.41) is 0. The van der Waals surface area contributed by atoms with E-state index in [2.05, 4.69) is 0 Å². The summed E-state index contributed by atoms with van der Waals surface area (Å²) in [6.07, 6.45) is 4.86. The molecule has 1 saturated carbocycles. The van der Waals surface area contributed by atoms with Crippen molar-refractivity contribution in [3.05, 3.63) is 71.5 Å². The summed E-state index contributed by atoms with van der Waals surface area (Å²) >= 11 is 0. The van der Waals surface area contributed by atoms with E-state index in [9.17, 15) is 18.8 Å². The molecule has 0 radical (unpaired) electrons. The first kappa shape index (κ1) is 24.6. The van der Waals surface area contributed by atoms with Crippen LogP contribution in [0.25, 0.3) is 0 Å². The van der Waals surface area contributed by atoms with E-state index < -0.39 is 11.2 Å². The van der Waals surface area contributed by atoms with Crippen LogP contribution in [-0.2, 0) is 31.1 Å². The molecule has 2 unspecified atom stereocenters. The number of piperidine rings is 1. The van der Waals surface area contributed by atoms with Gasteiger partial charge in [0.05, 0.1) is 18.1 Å². The summed E-state index contributed by atoms with van der Waals surface area (Å²) in [4.78, 5) is 43.7. The largest absolute Gasteiger partial charge is 0.372 e. The minimum Gasteiger partial charge on any atom is -0.372 e. The maximum absolute atomic E-state index is 14.3. The monoisotopic (exact) mass is 492 g/mol. The topological polar surface area (TPSA) is 66.9 Å². The summed E-state index contributed by atoms with van der Waals surface area (Å²) in [5.41, 5.74) is 0.119. The smallest absolute Gasteiger partial charge is 0.241 e. The van der Waals surface area contributed by atoms with Gasteiger partial charge >= 0.3 is 0 Å². The number of hydrogen-bond acceptors (Lipinski definition) is 4. The van der Waals surface area contributed by atoms with Crippen LogP contribution in [0.5, 0.6) is 0 Å². The van der Waals surface area contributed by atoms with Crippen LogP contribution in [0.2, 0.25) is 0 Å². The predicted octanol–water partition coefficient (Wildman–Crippen LogP) is 4.36. The van der Waals surface area contributed by atoms with Gasteiger partial charge in [0.1, 0.15) is 5.82 Å². The molecule has 3 aliphatic rings. The van der Waals surface area contributed by atoms with Crippen LogP contribution >= 0.6 is 0 Å². The fraction of sp³-hybridized carbons (Fsp3) is 0.483. The summed E-state index contributed by atoms with van der Waals surface area (Å²) in [5.74, 6) is -1.29. The van der Waals surface area contributed by atoms with Crippen molar-refractivity contribution in [2.45, 2.75) is 75.5 Å². The molecule has 2 heterocycles. The fourth-order valence-corrected chi connectivity index (χ4v) is 6.01. The van der Waals surface area contributed by atoms with Gasteiger partial charge in [-0.15, -0.1) is 0 Å². The summed E-state index contributed by atoms with van der Waals surface area (Å²) < 4.78 is 20.4. The molecule has 36 heavy (non-hydrogen) atoms. The van der Waals surface area contributed by atoms with E-state index in [1.54, 1.807) is 17.0 Å². The normalized spacial score (nSPS) is 25.1. The molecule has 2 saturated heterocycles. The Kier molecular flexibility index (Phi) is 7.19. The Hall–Kier alpha value is -3.06. The van der Waals surface area contributed by atoms with Gasteiger partial charge in [-0.3, -0.25) is 19.3 Å². The SMILES string of the molecule is O=C(CC1(c2cccc(F)c2)CC(=O)N(C2CCCC2)C1=O)N1CCCC(OCc2ccccc2)C1. The highest BCUT2D eigenvalue weighted by Crippen LogP contribution is 2.43. The lowest BCUT2D eigenvalue weighted by Crippen LogP contribution is -2.48. The second-order valence-electron chi connectivity index (χ2n) is 10.4. The van der Waals surface area contributed by atoms with Gasteiger partial charge in [-0.05, 0) is 48.9 Å². The number of nitrogens with zero attached hydrogens (tertiary/aromatic N) is 2. The number of carbonyl (C=O) groups is 3. The van der Waals surface area contributed by atoms with Crippen LogP contribution in [0.1, 0.15) is 62.5 Å². The average Bonchev–Trinajstić information content (AvgIpc) is 3.50. The maximum atomic E-state index is 14.3.